The molecule has 1 heterocycles. The van der Waals surface area contributed by atoms with Gasteiger partial charge in [0.15, 0.2) is 0 Å². The fourth-order valence-electron chi connectivity index (χ4n) is 0.259. The minimum absolute atomic E-state index is 0.0967. The van der Waals surface area contributed by atoms with Crippen LogP contribution < -0.4 is 4.72 Å². The van der Waals surface area contributed by atoms with Crippen molar-refractivity contribution < 1.29 is 4.79 Å². The number of rotatable bonds is 0. The Balaban J connectivity index is 2.55. The Morgan fingerprint density at radius 3 is 2.88 bits per heavy atom. The van der Waals surface area contributed by atoms with Crippen LogP contribution in [-0.4, -0.2) is 10.3 Å². The van der Waals surface area contributed by atoms with E-state index in [-0.39, 0.29) is 5.24 Å². The van der Waals surface area contributed by atoms with Crippen LogP contribution in [0.4, 0.5) is 4.79 Å². The molecule has 0 aromatic heterocycles. The van der Waals surface area contributed by atoms with E-state index in [4.69, 9.17) is 0 Å². The van der Waals surface area contributed by atoms with Gasteiger partial charge in [-0.1, -0.05) is 0 Å². The minimum atomic E-state index is -0.0967. The first-order valence-corrected chi connectivity index (χ1v) is 3.56. The van der Waals surface area contributed by atoms with Crippen molar-refractivity contribution in [1.29, 1.82) is 0 Å². The summed E-state index contributed by atoms with van der Waals surface area (Å²) in [7, 11) is 0. The van der Waals surface area contributed by atoms with E-state index in [1.807, 2.05) is 6.92 Å². The van der Waals surface area contributed by atoms with Gasteiger partial charge in [0, 0.05) is 11.9 Å². The van der Waals surface area contributed by atoms with Crippen LogP contribution in [0.2, 0.25) is 0 Å². The molecule has 0 aliphatic carbocycles. The zero-order valence-electron chi connectivity index (χ0n) is 4.17. The average Bonchev–Trinajstić information content (AvgIpc) is 1.77. The summed E-state index contributed by atoms with van der Waals surface area (Å²) in [5, 5.41) is 0.787. The first kappa shape index (κ1) is 5.97. The third-order valence-electron chi connectivity index (χ3n) is 0.539. The number of hydrogen-bond acceptors (Lipinski definition) is 4. The van der Waals surface area contributed by atoms with Crippen molar-refractivity contribution in [3.8, 4) is 0 Å². The maximum Gasteiger partial charge on any atom is 0.311 e. The topological polar surface area (TPSA) is 41.5 Å². The zero-order valence-corrected chi connectivity index (χ0v) is 5.80. The second kappa shape index (κ2) is 2.41. The van der Waals surface area contributed by atoms with Gasteiger partial charge in [-0.05, 0) is 6.92 Å². The predicted octanol–water partition coefficient (Wildman–Crippen LogP) is 1.42. The second-order valence-electron chi connectivity index (χ2n) is 1.19. The summed E-state index contributed by atoms with van der Waals surface area (Å²) >= 11 is 2.20. The summed E-state index contributed by atoms with van der Waals surface area (Å²) in [6.45, 7) is 1.84. The van der Waals surface area contributed by atoms with Gasteiger partial charge in [0.2, 0.25) is 0 Å². The SMILES string of the molecule is CC1=NSC(=O)NS1. The van der Waals surface area contributed by atoms with Gasteiger partial charge in [0.05, 0.1) is 17.0 Å². The van der Waals surface area contributed by atoms with Gasteiger partial charge in [-0.2, -0.15) is 0 Å². The molecule has 0 bridgehead atoms. The van der Waals surface area contributed by atoms with Crippen molar-refractivity contribution in [2.24, 2.45) is 4.40 Å². The van der Waals surface area contributed by atoms with Crippen LogP contribution in [0.3, 0.4) is 0 Å². The Hall–Kier alpha value is -0.160. The van der Waals surface area contributed by atoms with E-state index in [1.54, 1.807) is 0 Å². The monoisotopic (exact) mass is 148 g/mol. The Bertz CT molecular complexity index is 144. The van der Waals surface area contributed by atoms with E-state index < -0.39 is 0 Å². The summed E-state index contributed by atoms with van der Waals surface area (Å²) in [5.41, 5.74) is 0. The van der Waals surface area contributed by atoms with E-state index in [0.29, 0.717) is 0 Å². The largest absolute Gasteiger partial charge is 0.311 e. The molecular weight excluding hydrogens is 144 g/mol. The van der Waals surface area contributed by atoms with Crippen LogP contribution >= 0.6 is 23.9 Å². The lowest BCUT2D eigenvalue weighted by Crippen LogP contribution is -2.14. The predicted molar refractivity (Wildman–Crippen MR) is 36.8 cm³/mol. The summed E-state index contributed by atoms with van der Waals surface area (Å²) < 4.78 is 6.34. The number of nitrogens with one attached hydrogen (secondary N) is 1. The third-order valence-corrected chi connectivity index (χ3v) is 2.09. The first-order chi connectivity index (χ1) is 3.79. The molecule has 0 unspecified atom stereocenters. The molecule has 1 aliphatic rings. The standard InChI is InChI=1S/C3H4N2OS2/c1-2-4-8-3(6)5-7-2/h1H3,(H,5,6). The molecule has 0 fully saturated rings. The van der Waals surface area contributed by atoms with Crippen molar-refractivity contribution in [3.63, 3.8) is 0 Å². The van der Waals surface area contributed by atoms with Crippen LogP contribution in [0.25, 0.3) is 0 Å². The maximum absolute atomic E-state index is 10.3. The Morgan fingerprint density at radius 1 is 1.75 bits per heavy atom. The fourth-order valence-corrected chi connectivity index (χ4v) is 1.24. The number of hydrogen-bond donors (Lipinski definition) is 1. The van der Waals surface area contributed by atoms with Crippen LogP contribution in [0.5, 0.6) is 0 Å². The van der Waals surface area contributed by atoms with Crippen LogP contribution in [0.15, 0.2) is 4.40 Å². The van der Waals surface area contributed by atoms with Crippen LogP contribution in [0.1, 0.15) is 6.92 Å². The molecule has 0 saturated carbocycles. The summed E-state index contributed by atoms with van der Waals surface area (Å²) in [6.07, 6.45) is 0. The van der Waals surface area contributed by atoms with Gasteiger partial charge in [-0.25, -0.2) is 4.40 Å². The summed E-state index contributed by atoms with van der Waals surface area (Å²) in [5.74, 6) is 0. The van der Waals surface area contributed by atoms with Crippen molar-refractivity contribution in [3.05, 3.63) is 0 Å². The minimum Gasteiger partial charge on any atom is -0.284 e. The zero-order chi connectivity index (χ0) is 5.98. The molecule has 0 saturated heterocycles. The van der Waals surface area contributed by atoms with Crippen molar-refractivity contribution in [1.82, 2.24) is 4.72 Å². The third kappa shape index (κ3) is 1.41. The highest BCUT2D eigenvalue weighted by Crippen LogP contribution is 2.15. The number of carbonyl (C=O) groups is 1. The van der Waals surface area contributed by atoms with E-state index in [2.05, 4.69) is 9.12 Å². The quantitative estimate of drug-likeness (QED) is 0.528. The number of amides is 1. The van der Waals surface area contributed by atoms with Gasteiger partial charge >= 0.3 is 5.24 Å². The molecule has 1 N–H and O–H groups in total. The molecule has 0 aromatic carbocycles. The smallest absolute Gasteiger partial charge is 0.284 e. The Morgan fingerprint density at radius 2 is 2.50 bits per heavy atom. The molecule has 0 spiro atoms. The van der Waals surface area contributed by atoms with Gasteiger partial charge < -0.3 is 0 Å². The molecule has 1 aliphatic heterocycles. The molecule has 0 atom stereocenters. The molecule has 1 rings (SSSR count). The lowest BCUT2D eigenvalue weighted by atomic mass is 10.9. The Labute approximate surface area is 55.6 Å². The second-order valence-corrected chi connectivity index (χ2v) is 2.93. The van der Waals surface area contributed by atoms with Crippen molar-refractivity contribution >= 4 is 34.2 Å². The highest BCUT2D eigenvalue weighted by Gasteiger charge is 2.07. The highest BCUT2D eigenvalue weighted by molar-refractivity contribution is 8.21. The molecule has 1 amide bonds. The van der Waals surface area contributed by atoms with Crippen LogP contribution in [0, 0.1) is 0 Å². The lowest BCUT2D eigenvalue weighted by Gasteiger charge is -2.04. The summed E-state index contributed by atoms with van der Waals surface area (Å²) in [6, 6.07) is 0. The van der Waals surface area contributed by atoms with Crippen molar-refractivity contribution in [2.45, 2.75) is 6.92 Å². The van der Waals surface area contributed by atoms with E-state index >= 15 is 0 Å². The fraction of sp³-hybridized carbons (Fsp3) is 0.333. The molecule has 5 heteroatoms. The maximum atomic E-state index is 10.3. The molecule has 0 radical (unpaired) electrons. The summed E-state index contributed by atoms with van der Waals surface area (Å²) in [4.78, 5) is 10.3. The van der Waals surface area contributed by atoms with E-state index in [0.717, 1.165) is 17.0 Å². The lowest BCUT2D eigenvalue weighted by molar-refractivity contribution is 0.265. The van der Waals surface area contributed by atoms with Crippen LogP contribution in [-0.2, 0) is 0 Å². The van der Waals surface area contributed by atoms with E-state index in [9.17, 15) is 4.79 Å². The van der Waals surface area contributed by atoms with Gasteiger partial charge in [0.25, 0.3) is 0 Å². The van der Waals surface area contributed by atoms with E-state index in [1.165, 1.54) is 11.9 Å². The average molecular weight is 148 g/mol. The van der Waals surface area contributed by atoms with Gasteiger partial charge in [-0.15, -0.1) is 0 Å². The normalized spacial score (nSPS) is 19.6. The number of carbonyl (C=O) groups excluding carboxylic acids is 1. The molecule has 3 nitrogen and oxygen atoms in total. The first-order valence-electron chi connectivity index (χ1n) is 1.97. The number of nitrogens with zero attached hydrogens (tertiary/aromatic N) is 1. The van der Waals surface area contributed by atoms with Gasteiger partial charge in [-0.3, -0.25) is 9.52 Å². The Kier molecular flexibility index (Phi) is 1.80. The molecule has 8 heavy (non-hydrogen) atoms. The van der Waals surface area contributed by atoms with Crippen molar-refractivity contribution in [2.75, 3.05) is 0 Å². The molecule has 44 valence electrons. The highest BCUT2D eigenvalue weighted by atomic mass is 32.2. The van der Waals surface area contributed by atoms with Gasteiger partial charge in [0.1, 0.15) is 0 Å². The molecular formula is C3H4N2OS2. The molecule has 0 aromatic rings.